The van der Waals surface area contributed by atoms with Crippen LogP contribution in [0.1, 0.15) is 34.7 Å². The summed E-state index contributed by atoms with van der Waals surface area (Å²) in [6.07, 6.45) is 0.990. The Balaban J connectivity index is 2.44. The first kappa shape index (κ1) is 16.0. The zero-order valence-corrected chi connectivity index (χ0v) is 14.5. The summed E-state index contributed by atoms with van der Waals surface area (Å²) in [4.78, 5) is 2.27. The highest BCUT2D eigenvalue weighted by Gasteiger charge is 2.21. The van der Waals surface area contributed by atoms with Crippen LogP contribution in [-0.2, 0) is 0 Å². The molecule has 0 radical (unpaired) electrons. The van der Waals surface area contributed by atoms with Crippen molar-refractivity contribution in [1.82, 2.24) is 5.32 Å². The second kappa shape index (κ2) is 7.03. The maximum atomic E-state index is 14.3. The fourth-order valence-corrected chi connectivity index (χ4v) is 3.86. The average Bonchev–Trinajstić information content (AvgIpc) is 2.74. The van der Waals surface area contributed by atoms with Gasteiger partial charge in [-0.3, -0.25) is 0 Å². The Kier molecular flexibility index (Phi) is 5.61. The maximum absolute atomic E-state index is 14.3. The van der Waals surface area contributed by atoms with Crippen molar-refractivity contribution >= 4 is 38.9 Å². The number of thiophene rings is 1. The van der Waals surface area contributed by atoms with Gasteiger partial charge in [-0.2, -0.15) is 0 Å². The maximum Gasteiger partial charge on any atom is 0.146 e. The summed E-state index contributed by atoms with van der Waals surface area (Å²) in [7, 11) is 0. The topological polar surface area (TPSA) is 12.0 Å². The number of halogens is 3. The Morgan fingerprint density at radius 1 is 1.45 bits per heavy atom. The molecule has 0 spiro atoms. The molecule has 2 aromatic rings. The fourth-order valence-electron chi connectivity index (χ4n) is 2.02. The second-order valence-electron chi connectivity index (χ2n) is 4.58. The van der Waals surface area contributed by atoms with Gasteiger partial charge in [-0.25, -0.2) is 4.39 Å². The lowest BCUT2D eigenvalue weighted by Gasteiger charge is -2.18. The third kappa shape index (κ3) is 3.42. The first-order valence-electron chi connectivity index (χ1n) is 6.47. The molecule has 0 aliphatic carbocycles. The van der Waals surface area contributed by atoms with E-state index in [2.05, 4.69) is 28.2 Å². The molecule has 1 nitrogen and oxygen atoms in total. The molecule has 5 heteroatoms. The van der Waals surface area contributed by atoms with Gasteiger partial charge >= 0.3 is 0 Å². The summed E-state index contributed by atoms with van der Waals surface area (Å²) in [5, 5.41) is 3.57. The second-order valence-corrected chi connectivity index (χ2v) is 7.13. The van der Waals surface area contributed by atoms with Crippen LogP contribution in [0.2, 0.25) is 5.02 Å². The van der Waals surface area contributed by atoms with Crippen molar-refractivity contribution in [3.05, 3.63) is 54.9 Å². The van der Waals surface area contributed by atoms with Crippen molar-refractivity contribution in [2.75, 3.05) is 6.54 Å². The van der Waals surface area contributed by atoms with Crippen LogP contribution in [-0.4, -0.2) is 6.54 Å². The summed E-state index contributed by atoms with van der Waals surface area (Å²) >= 11 is 11.1. The molecule has 0 bridgehead atoms. The highest BCUT2D eigenvalue weighted by molar-refractivity contribution is 9.10. The van der Waals surface area contributed by atoms with E-state index in [0.29, 0.717) is 5.56 Å². The van der Waals surface area contributed by atoms with E-state index in [1.54, 1.807) is 29.5 Å². The molecule has 0 aliphatic heterocycles. The predicted molar refractivity (Wildman–Crippen MR) is 88.3 cm³/mol. The van der Waals surface area contributed by atoms with Crippen molar-refractivity contribution < 1.29 is 4.39 Å². The van der Waals surface area contributed by atoms with E-state index in [0.717, 1.165) is 22.3 Å². The summed E-state index contributed by atoms with van der Waals surface area (Å²) in [5.41, 5.74) is 0.597. The lowest BCUT2D eigenvalue weighted by molar-refractivity contribution is 0.551. The third-order valence-electron chi connectivity index (χ3n) is 3.05. The van der Waals surface area contributed by atoms with Crippen LogP contribution in [0.25, 0.3) is 0 Å². The summed E-state index contributed by atoms with van der Waals surface area (Å²) in [6, 6.07) is 7.04. The van der Waals surface area contributed by atoms with Gasteiger partial charge in [0, 0.05) is 19.8 Å². The van der Waals surface area contributed by atoms with Gasteiger partial charge in [0.15, 0.2) is 0 Å². The van der Waals surface area contributed by atoms with Gasteiger partial charge in [0.1, 0.15) is 5.82 Å². The Morgan fingerprint density at radius 2 is 2.20 bits per heavy atom. The number of hydrogen-bond donors (Lipinski definition) is 1. The van der Waals surface area contributed by atoms with Crippen molar-refractivity contribution in [1.29, 1.82) is 0 Å². The molecule has 1 unspecified atom stereocenters. The number of hydrogen-bond acceptors (Lipinski definition) is 2. The molecule has 1 atom stereocenters. The summed E-state index contributed by atoms with van der Waals surface area (Å²) < 4.78 is 15.4. The molecule has 1 N–H and O–H groups in total. The molecule has 0 amide bonds. The van der Waals surface area contributed by atoms with Crippen LogP contribution in [0.3, 0.4) is 0 Å². The van der Waals surface area contributed by atoms with E-state index in [-0.39, 0.29) is 16.9 Å². The minimum Gasteiger partial charge on any atom is -0.306 e. The molecule has 0 aliphatic rings. The molecule has 1 heterocycles. The first-order chi connectivity index (χ1) is 9.54. The van der Waals surface area contributed by atoms with Gasteiger partial charge in [-0.05, 0) is 48.0 Å². The highest BCUT2D eigenvalue weighted by Crippen LogP contribution is 2.35. The van der Waals surface area contributed by atoms with Crippen molar-refractivity contribution in [3.63, 3.8) is 0 Å². The van der Waals surface area contributed by atoms with E-state index in [9.17, 15) is 4.39 Å². The van der Waals surface area contributed by atoms with Gasteiger partial charge in [0.05, 0.1) is 11.1 Å². The van der Waals surface area contributed by atoms with Crippen molar-refractivity contribution in [2.24, 2.45) is 0 Å². The number of nitrogens with one attached hydrogen (secondary N) is 1. The van der Waals surface area contributed by atoms with E-state index < -0.39 is 0 Å². The molecule has 2 rings (SSSR count). The third-order valence-corrected chi connectivity index (χ3v) is 5.55. The van der Waals surface area contributed by atoms with Crippen LogP contribution in [0.5, 0.6) is 0 Å². The van der Waals surface area contributed by atoms with E-state index >= 15 is 0 Å². The largest absolute Gasteiger partial charge is 0.306 e. The Morgan fingerprint density at radius 3 is 2.80 bits per heavy atom. The summed E-state index contributed by atoms with van der Waals surface area (Å²) in [6.45, 7) is 4.96. The molecule has 1 aromatic carbocycles. The van der Waals surface area contributed by atoms with Crippen molar-refractivity contribution in [2.45, 2.75) is 26.3 Å². The Labute approximate surface area is 136 Å². The first-order valence-corrected chi connectivity index (χ1v) is 8.46. The molecule has 20 heavy (non-hydrogen) atoms. The Hall–Kier alpha value is -0.420. The highest BCUT2D eigenvalue weighted by atomic mass is 79.9. The molecule has 0 saturated heterocycles. The molecule has 1 aromatic heterocycles. The molecular weight excluding hydrogens is 361 g/mol. The van der Waals surface area contributed by atoms with Gasteiger partial charge in [0.2, 0.25) is 0 Å². The smallest absolute Gasteiger partial charge is 0.146 e. The minimum atomic E-state index is -0.343. The van der Waals surface area contributed by atoms with Crippen LogP contribution in [0, 0.1) is 12.7 Å². The number of aryl methyl sites for hydroxylation is 1. The minimum absolute atomic E-state index is 0.163. The number of rotatable bonds is 5. The molecular formula is C15H16BrClFNS. The summed E-state index contributed by atoms with van der Waals surface area (Å²) in [5.74, 6) is -0.343. The quantitative estimate of drug-likeness (QED) is 0.705. The standard InChI is InChI=1S/C15H16BrClFNS/c1-3-7-19-15(13-8-11(16)9(2)20-13)10-5-4-6-12(17)14(10)18/h4-6,8,15,19H,3,7H2,1-2H3. The van der Waals surface area contributed by atoms with E-state index in [1.807, 2.05) is 13.0 Å². The fraction of sp³-hybridized carbons (Fsp3) is 0.333. The average molecular weight is 377 g/mol. The SMILES string of the molecule is CCCNC(c1cc(Br)c(C)s1)c1cccc(Cl)c1F. The normalized spacial score (nSPS) is 12.7. The molecule has 108 valence electrons. The lowest BCUT2D eigenvalue weighted by Crippen LogP contribution is -2.23. The van der Waals surface area contributed by atoms with Crippen molar-refractivity contribution in [3.8, 4) is 0 Å². The molecule has 0 fully saturated rings. The van der Waals surface area contributed by atoms with Gasteiger partial charge in [-0.15, -0.1) is 11.3 Å². The number of benzene rings is 1. The van der Waals surface area contributed by atoms with Gasteiger partial charge in [0.25, 0.3) is 0 Å². The zero-order chi connectivity index (χ0) is 14.7. The van der Waals surface area contributed by atoms with E-state index in [1.165, 1.54) is 4.88 Å². The van der Waals surface area contributed by atoms with Gasteiger partial charge < -0.3 is 5.32 Å². The van der Waals surface area contributed by atoms with Crippen LogP contribution >= 0.6 is 38.9 Å². The predicted octanol–water partition coefficient (Wildman–Crippen LogP) is 5.70. The van der Waals surface area contributed by atoms with Gasteiger partial charge in [-0.1, -0.05) is 30.7 Å². The molecule has 0 saturated carbocycles. The van der Waals surface area contributed by atoms with Crippen LogP contribution < -0.4 is 5.32 Å². The Bertz CT molecular complexity index is 580. The zero-order valence-electron chi connectivity index (χ0n) is 11.3. The lowest BCUT2D eigenvalue weighted by atomic mass is 10.0. The van der Waals surface area contributed by atoms with E-state index in [4.69, 9.17) is 11.6 Å². The van der Waals surface area contributed by atoms with Crippen LogP contribution in [0.15, 0.2) is 28.7 Å². The van der Waals surface area contributed by atoms with Crippen LogP contribution in [0.4, 0.5) is 4.39 Å². The monoisotopic (exact) mass is 375 g/mol.